The van der Waals surface area contributed by atoms with Crippen molar-refractivity contribution >= 4 is 27.3 Å². The molecule has 0 saturated carbocycles. The van der Waals surface area contributed by atoms with E-state index in [9.17, 15) is 10.1 Å². The minimum absolute atomic E-state index is 0.104. The van der Waals surface area contributed by atoms with Gasteiger partial charge in [0.25, 0.3) is 5.69 Å². The smallest absolute Gasteiger partial charge is 0.293 e. The lowest BCUT2D eigenvalue weighted by molar-refractivity contribution is -0.384. The molecule has 1 atom stereocenters. The molecule has 1 aliphatic rings. The van der Waals surface area contributed by atoms with Gasteiger partial charge in [0.2, 0.25) is 0 Å². The molecule has 1 aromatic rings. The molecule has 0 spiro atoms. The zero-order valence-electron chi connectivity index (χ0n) is 9.43. The van der Waals surface area contributed by atoms with Crippen molar-refractivity contribution in [3.63, 3.8) is 0 Å². The van der Waals surface area contributed by atoms with Gasteiger partial charge in [-0.15, -0.1) is 0 Å². The fourth-order valence-corrected chi connectivity index (χ4v) is 2.30. The minimum atomic E-state index is -0.347. The summed E-state index contributed by atoms with van der Waals surface area (Å²) in [5, 5.41) is 11.0. The fourth-order valence-electron chi connectivity index (χ4n) is 1.95. The van der Waals surface area contributed by atoms with Gasteiger partial charge in [0, 0.05) is 23.6 Å². The molecule has 2 rings (SSSR count). The van der Waals surface area contributed by atoms with Gasteiger partial charge in [-0.3, -0.25) is 10.1 Å². The number of halogens is 1. The predicted octanol–water partition coefficient (Wildman–Crippen LogP) is 2.58. The Balaban J connectivity index is 2.33. The molecule has 1 aromatic carbocycles. The van der Waals surface area contributed by atoms with Crippen LogP contribution in [0.4, 0.5) is 11.4 Å². The van der Waals surface area contributed by atoms with Gasteiger partial charge in [0.1, 0.15) is 5.69 Å². The molecule has 1 saturated heterocycles. The third-order valence-corrected chi connectivity index (χ3v) is 3.21. The van der Waals surface area contributed by atoms with Crippen LogP contribution in [0.25, 0.3) is 0 Å². The van der Waals surface area contributed by atoms with Gasteiger partial charge in [0.15, 0.2) is 0 Å². The lowest BCUT2D eigenvalue weighted by Crippen LogP contribution is -2.41. The maximum Gasteiger partial charge on any atom is 0.293 e. The van der Waals surface area contributed by atoms with E-state index in [2.05, 4.69) is 15.9 Å². The standard InChI is InChI=1S/C11H13BrN2O3/c1-8-7-13(4-5-17-8)10-3-2-9(12)6-11(10)14(15)16/h2-3,6,8H,4-5,7H2,1H3. The van der Waals surface area contributed by atoms with E-state index in [0.717, 1.165) is 0 Å². The Hall–Kier alpha value is -1.14. The third-order valence-electron chi connectivity index (χ3n) is 2.72. The summed E-state index contributed by atoms with van der Waals surface area (Å²) in [4.78, 5) is 12.7. The average molecular weight is 301 g/mol. The summed E-state index contributed by atoms with van der Waals surface area (Å²) in [5.74, 6) is 0. The highest BCUT2D eigenvalue weighted by Gasteiger charge is 2.24. The Morgan fingerprint density at radius 2 is 2.35 bits per heavy atom. The molecule has 0 N–H and O–H groups in total. The van der Waals surface area contributed by atoms with Crippen LogP contribution in [0.15, 0.2) is 22.7 Å². The quantitative estimate of drug-likeness (QED) is 0.622. The summed E-state index contributed by atoms with van der Waals surface area (Å²) in [6, 6.07) is 5.14. The van der Waals surface area contributed by atoms with Crippen LogP contribution in [0.5, 0.6) is 0 Å². The van der Waals surface area contributed by atoms with Crippen LogP contribution in [0.1, 0.15) is 6.92 Å². The van der Waals surface area contributed by atoms with Crippen molar-refractivity contribution in [3.05, 3.63) is 32.8 Å². The first kappa shape index (κ1) is 12.3. The van der Waals surface area contributed by atoms with Gasteiger partial charge in [-0.25, -0.2) is 0 Å². The highest BCUT2D eigenvalue weighted by Crippen LogP contribution is 2.32. The van der Waals surface area contributed by atoms with Gasteiger partial charge in [-0.1, -0.05) is 15.9 Å². The summed E-state index contributed by atoms with van der Waals surface area (Å²) in [7, 11) is 0. The lowest BCUT2D eigenvalue weighted by Gasteiger charge is -2.32. The highest BCUT2D eigenvalue weighted by molar-refractivity contribution is 9.10. The molecule has 1 unspecified atom stereocenters. The number of nitro groups is 1. The van der Waals surface area contributed by atoms with Crippen molar-refractivity contribution in [1.82, 2.24) is 0 Å². The third kappa shape index (κ3) is 2.76. The molecule has 6 heteroatoms. The topological polar surface area (TPSA) is 55.6 Å². The SMILES string of the molecule is CC1CN(c2ccc(Br)cc2[N+](=O)[O-])CCO1. The molecule has 0 bridgehead atoms. The Kier molecular flexibility index (Phi) is 3.63. The van der Waals surface area contributed by atoms with Gasteiger partial charge in [0.05, 0.1) is 17.6 Å². The van der Waals surface area contributed by atoms with E-state index >= 15 is 0 Å². The molecule has 1 aliphatic heterocycles. The van der Waals surface area contributed by atoms with Crippen LogP contribution in [-0.4, -0.2) is 30.7 Å². The molecular formula is C11H13BrN2O3. The number of anilines is 1. The number of nitrogens with zero attached hydrogens (tertiary/aromatic N) is 2. The number of nitro benzene ring substituents is 1. The Bertz CT molecular complexity index is 439. The molecule has 92 valence electrons. The van der Waals surface area contributed by atoms with Crippen LogP contribution in [0.3, 0.4) is 0 Å². The highest BCUT2D eigenvalue weighted by atomic mass is 79.9. The van der Waals surface area contributed by atoms with Crippen LogP contribution in [-0.2, 0) is 4.74 Å². The van der Waals surface area contributed by atoms with E-state index in [4.69, 9.17) is 4.74 Å². The molecule has 0 aromatic heterocycles. The molecule has 1 heterocycles. The molecule has 17 heavy (non-hydrogen) atoms. The summed E-state index contributed by atoms with van der Waals surface area (Å²) in [6.07, 6.45) is 0.104. The predicted molar refractivity (Wildman–Crippen MR) is 68.4 cm³/mol. The monoisotopic (exact) mass is 300 g/mol. The van der Waals surface area contributed by atoms with Crippen molar-refractivity contribution in [1.29, 1.82) is 0 Å². The van der Waals surface area contributed by atoms with E-state index in [1.165, 1.54) is 6.07 Å². The Labute approximate surface area is 108 Å². The minimum Gasteiger partial charge on any atom is -0.375 e. The first-order valence-electron chi connectivity index (χ1n) is 5.38. The largest absolute Gasteiger partial charge is 0.375 e. The van der Waals surface area contributed by atoms with Crippen LogP contribution in [0.2, 0.25) is 0 Å². The molecular weight excluding hydrogens is 288 g/mol. The van der Waals surface area contributed by atoms with Gasteiger partial charge in [-0.05, 0) is 19.1 Å². The molecule has 0 aliphatic carbocycles. The van der Waals surface area contributed by atoms with E-state index in [0.29, 0.717) is 29.9 Å². The van der Waals surface area contributed by atoms with Crippen molar-refractivity contribution in [2.24, 2.45) is 0 Å². The first-order valence-corrected chi connectivity index (χ1v) is 6.17. The normalized spacial score (nSPS) is 20.4. The maximum absolute atomic E-state index is 11.0. The number of morpholine rings is 1. The van der Waals surface area contributed by atoms with E-state index in [1.54, 1.807) is 6.07 Å². The molecule has 5 nitrogen and oxygen atoms in total. The van der Waals surface area contributed by atoms with Crippen LogP contribution >= 0.6 is 15.9 Å². The second-order valence-corrected chi connectivity index (χ2v) is 4.93. The summed E-state index contributed by atoms with van der Waals surface area (Å²) in [5.41, 5.74) is 0.793. The second-order valence-electron chi connectivity index (χ2n) is 4.02. The van der Waals surface area contributed by atoms with Gasteiger partial charge in [-0.2, -0.15) is 0 Å². The fraction of sp³-hybridized carbons (Fsp3) is 0.455. The number of ether oxygens (including phenoxy) is 1. The summed E-state index contributed by atoms with van der Waals surface area (Å²) in [6.45, 7) is 3.94. The molecule has 1 fully saturated rings. The summed E-state index contributed by atoms with van der Waals surface area (Å²) >= 11 is 3.25. The number of rotatable bonds is 2. The summed E-state index contributed by atoms with van der Waals surface area (Å²) < 4.78 is 6.15. The number of hydrogen-bond donors (Lipinski definition) is 0. The number of benzene rings is 1. The van der Waals surface area contributed by atoms with E-state index in [1.807, 2.05) is 17.9 Å². The second kappa shape index (κ2) is 5.01. The van der Waals surface area contributed by atoms with Gasteiger partial charge >= 0.3 is 0 Å². The van der Waals surface area contributed by atoms with E-state index in [-0.39, 0.29) is 16.7 Å². The first-order chi connectivity index (χ1) is 8.08. The van der Waals surface area contributed by atoms with Crippen LogP contribution < -0.4 is 4.90 Å². The lowest BCUT2D eigenvalue weighted by atomic mass is 10.2. The zero-order chi connectivity index (χ0) is 12.4. The zero-order valence-corrected chi connectivity index (χ0v) is 11.0. The Morgan fingerprint density at radius 3 is 3.00 bits per heavy atom. The van der Waals surface area contributed by atoms with Crippen molar-refractivity contribution < 1.29 is 9.66 Å². The number of hydrogen-bond acceptors (Lipinski definition) is 4. The Morgan fingerprint density at radius 1 is 1.59 bits per heavy atom. The maximum atomic E-state index is 11.0. The van der Waals surface area contributed by atoms with Crippen molar-refractivity contribution in [2.45, 2.75) is 13.0 Å². The van der Waals surface area contributed by atoms with Crippen LogP contribution in [0, 0.1) is 10.1 Å². The van der Waals surface area contributed by atoms with Crippen molar-refractivity contribution in [2.75, 3.05) is 24.6 Å². The van der Waals surface area contributed by atoms with Crippen molar-refractivity contribution in [3.8, 4) is 0 Å². The molecule has 0 radical (unpaired) electrons. The average Bonchev–Trinajstić information content (AvgIpc) is 2.28. The van der Waals surface area contributed by atoms with E-state index < -0.39 is 0 Å². The molecule has 0 amide bonds. The van der Waals surface area contributed by atoms with Gasteiger partial charge < -0.3 is 9.64 Å².